The van der Waals surface area contributed by atoms with E-state index in [2.05, 4.69) is 10.3 Å². The van der Waals surface area contributed by atoms with Gasteiger partial charge in [0.25, 0.3) is 0 Å². The molecule has 1 atom stereocenters. The van der Waals surface area contributed by atoms with Gasteiger partial charge in [0.1, 0.15) is 5.82 Å². The Morgan fingerprint density at radius 3 is 2.59 bits per heavy atom. The van der Waals surface area contributed by atoms with Crippen molar-refractivity contribution >= 4 is 46.1 Å². The second-order valence-electron chi connectivity index (χ2n) is 8.30. The highest BCUT2D eigenvalue weighted by Gasteiger charge is 2.30. The fraction of sp³-hybridized carbons (Fsp3) is 0.333. The highest BCUT2D eigenvalue weighted by molar-refractivity contribution is 6.31. The molecule has 2 heterocycles. The molecule has 7 nitrogen and oxygen atoms in total. The number of halogens is 1. The van der Waals surface area contributed by atoms with Crippen LogP contribution in [0.3, 0.4) is 0 Å². The first-order valence-corrected chi connectivity index (χ1v) is 11.0. The number of pyridine rings is 1. The highest BCUT2D eigenvalue weighted by atomic mass is 35.5. The molecule has 4 rings (SSSR count). The summed E-state index contributed by atoms with van der Waals surface area (Å²) in [4.78, 5) is 40.8. The van der Waals surface area contributed by atoms with Crippen LogP contribution in [0.15, 0.2) is 42.7 Å². The van der Waals surface area contributed by atoms with Crippen LogP contribution in [-0.2, 0) is 4.79 Å². The minimum absolute atomic E-state index is 0.0460. The molecule has 0 aliphatic heterocycles. The van der Waals surface area contributed by atoms with Crippen LogP contribution in [0, 0.1) is 5.92 Å². The number of aromatic carboxylic acids is 1. The smallest absolute Gasteiger partial charge is 0.337 e. The van der Waals surface area contributed by atoms with E-state index in [0.717, 1.165) is 36.6 Å². The quantitative estimate of drug-likeness (QED) is 0.523. The molecule has 2 aromatic heterocycles. The standard InChI is InChI=1S/C24H24ClN3O4/c1-14(29)28-13-20(18-11-17(25)7-8-21(18)28)19(10-15-4-2-3-5-15)23(30)27-22-9-6-16(12-26-22)24(31)32/h6-9,11-13,15,19H,2-5,10H2,1H3,(H,31,32)(H,26,27,30). The Hall–Kier alpha value is -3.19. The van der Waals surface area contributed by atoms with Gasteiger partial charge in [-0.1, -0.05) is 37.3 Å². The maximum absolute atomic E-state index is 13.4. The van der Waals surface area contributed by atoms with Gasteiger partial charge in [-0.3, -0.25) is 14.2 Å². The summed E-state index contributed by atoms with van der Waals surface area (Å²) in [5.74, 6) is -1.26. The summed E-state index contributed by atoms with van der Waals surface area (Å²) >= 11 is 6.25. The predicted molar refractivity (Wildman–Crippen MR) is 122 cm³/mol. The van der Waals surface area contributed by atoms with Crippen LogP contribution in [0.2, 0.25) is 5.02 Å². The first-order chi connectivity index (χ1) is 15.3. The lowest BCUT2D eigenvalue weighted by molar-refractivity contribution is -0.118. The summed E-state index contributed by atoms with van der Waals surface area (Å²) in [6, 6.07) is 8.19. The Balaban J connectivity index is 1.72. The summed E-state index contributed by atoms with van der Waals surface area (Å²) in [6.45, 7) is 1.48. The second kappa shape index (κ2) is 9.12. The highest BCUT2D eigenvalue weighted by Crippen LogP contribution is 2.38. The summed E-state index contributed by atoms with van der Waals surface area (Å²) in [6.07, 6.45) is 8.05. The Morgan fingerprint density at radius 1 is 1.22 bits per heavy atom. The molecule has 1 aliphatic rings. The maximum Gasteiger partial charge on any atom is 0.337 e. The molecule has 32 heavy (non-hydrogen) atoms. The Morgan fingerprint density at radius 2 is 1.97 bits per heavy atom. The van der Waals surface area contributed by atoms with Gasteiger partial charge in [-0.15, -0.1) is 0 Å². The normalized spacial score (nSPS) is 15.1. The van der Waals surface area contributed by atoms with Crippen molar-refractivity contribution in [3.8, 4) is 0 Å². The van der Waals surface area contributed by atoms with Gasteiger partial charge >= 0.3 is 5.97 Å². The lowest BCUT2D eigenvalue weighted by Crippen LogP contribution is -2.23. The number of benzene rings is 1. The monoisotopic (exact) mass is 453 g/mol. The van der Waals surface area contributed by atoms with Crippen molar-refractivity contribution < 1.29 is 19.5 Å². The number of nitrogens with zero attached hydrogens (tertiary/aromatic N) is 2. The van der Waals surface area contributed by atoms with E-state index in [9.17, 15) is 14.4 Å². The van der Waals surface area contributed by atoms with Crippen LogP contribution in [0.25, 0.3) is 10.9 Å². The zero-order chi connectivity index (χ0) is 22.8. The number of nitrogens with one attached hydrogen (secondary N) is 1. The molecule has 1 saturated carbocycles. The number of carboxylic acids is 1. The number of aromatic nitrogens is 2. The van der Waals surface area contributed by atoms with Crippen molar-refractivity contribution in [3.05, 3.63) is 58.9 Å². The fourth-order valence-electron chi connectivity index (χ4n) is 4.53. The molecule has 1 fully saturated rings. The number of amides is 1. The zero-order valence-corrected chi connectivity index (χ0v) is 18.4. The molecule has 1 aliphatic carbocycles. The lowest BCUT2D eigenvalue weighted by atomic mass is 9.87. The average Bonchev–Trinajstić information content (AvgIpc) is 3.40. The van der Waals surface area contributed by atoms with Crippen LogP contribution in [0.4, 0.5) is 5.82 Å². The summed E-state index contributed by atoms with van der Waals surface area (Å²) in [5.41, 5.74) is 1.51. The molecule has 1 aromatic carbocycles. The number of carbonyl (C=O) groups excluding carboxylic acids is 2. The summed E-state index contributed by atoms with van der Waals surface area (Å²) in [7, 11) is 0. The first kappa shape index (κ1) is 22.0. The Labute approximate surface area is 190 Å². The summed E-state index contributed by atoms with van der Waals surface area (Å²) in [5, 5.41) is 13.2. The molecular formula is C24H24ClN3O4. The van der Waals surface area contributed by atoms with Crippen LogP contribution in [0.5, 0.6) is 0 Å². The van der Waals surface area contributed by atoms with Gasteiger partial charge in [0, 0.05) is 29.7 Å². The molecule has 166 valence electrons. The van der Waals surface area contributed by atoms with E-state index in [1.165, 1.54) is 25.3 Å². The molecule has 1 amide bonds. The Kier molecular flexibility index (Phi) is 6.28. The first-order valence-electron chi connectivity index (χ1n) is 10.6. The van der Waals surface area contributed by atoms with E-state index in [1.807, 2.05) is 0 Å². The number of carboxylic acid groups (broad SMARTS) is 1. The minimum atomic E-state index is -1.08. The SMILES string of the molecule is CC(=O)n1cc(C(CC2CCCC2)C(=O)Nc2ccc(C(=O)O)cn2)c2cc(Cl)ccc21. The van der Waals surface area contributed by atoms with Gasteiger partial charge in [0.2, 0.25) is 11.8 Å². The maximum atomic E-state index is 13.4. The van der Waals surface area contributed by atoms with Crippen molar-refractivity contribution in [2.75, 3.05) is 5.32 Å². The van der Waals surface area contributed by atoms with Gasteiger partial charge in [-0.05, 0) is 48.2 Å². The number of hydrogen-bond donors (Lipinski definition) is 2. The van der Waals surface area contributed by atoms with E-state index in [0.29, 0.717) is 22.9 Å². The van der Waals surface area contributed by atoms with Crippen LogP contribution >= 0.6 is 11.6 Å². The van der Waals surface area contributed by atoms with Gasteiger partial charge in [0.05, 0.1) is 17.0 Å². The van der Waals surface area contributed by atoms with Crippen LogP contribution in [-0.4, -0.2) is 32.4 Å². The Bertz CT molecular complexity index is 1180. The second-order valence-corrected chi connectivity index (χ2v) is 8.74. The largest absolute Gasteiger partial charge is 0.478 e. The number of rotatable bonds is 6. The molecule has 0 radical (unpaired) electrons. The third-order valence-corrected chi connectivity index (χ3v) is 6.37. The van der Waals surface area contributed by atoms with Crippen LogP contribution in [0.1, 0.15) is 65.7 Å². The predicted octanol–water partition coefficient (Wildman–Crippen LogP) is 5.35. The van der Waals surface area contributed by atoms with E-state index >= 15 is 0 Å². The van der Waals surface area contributed by atoms with Crippen molar-refractivity contribution in [2.24, 2.45) is 5.92 Å². The van der Waals surface area contributed by atoms with Gasteiger partial charge in [-0.2, -0.15) is 0 Å². The zero-order valence-electron chi connectivity index (χ0n) is 17.7. The third-order valence-electron chi connectivity index (χ3n) is 6.13. The third kappa shape index (κ3) is 4.53. The number of anilines is 1. The fourth-order valence-corrected chi connectivity index (χ4v) is 4.70. The molecule has 1 unspecified atom stereocenters. The van der Waals surface area contributed by atoms with Gasteiger partial charge < -0.3 is 10.4 Å². The van der Waals surface area contributed by atoms with Gasteiger partial charge in [0.15, 0.2) is 0 Å². The van der Waals surface area contributed by atoms with Crippen LogP contribution < -0.4 is 5.32 Å². The van der Waals surface area contributed by atoms with E-state index < -0.39 is 11.9 Å². The number of hydrogen-bond acceptors (Lipinski definition) is 4. The molecule has 0 bridgehead atoms. The van der Waals surface area contributed by atoms with E-state index in [4.69, 9.17) is 16.7 Å². The topological polar surface area (TPSA) is 101 Å². The van der Waals surface area contributed by atoms with Crippen molar-refractivity contribution in [3.63, 3.8) is 0 Å². The van der Waals surface area contributed by atoms with Crippen molar-refractivity contribution in [1.82, 2.24) is 9.55 Å². The van der Waals surface area contributed by atoms with Crippen molar-refractivity contribution in [1.29, 1.82) is 0 Å². The minimum Gasteiger partial charge on any atom is -0.478 e. The molecule has 0 saturated heterocycles. The molecule has 0 spiro atoms. The average molecular weight is 454 g/mol. The number of fused-ring (bicyclic) bond motifs is 1. The molecule has 3 aromatic rings. The van der Waals surface area contributed by atoms with E-state index in [1.54, 1.807) is 29.0 Å². The number of carbonyl (C=O) groups is 3. The van der Waals surface area contributed by atoms with Gasteiger partial charge in [-0.25, -0.2) is 9.78 Å². The molecule has 2 N–H and O–H groups in total. The van der Waals surface area contributed by atoms with Crippen molar-refractivity contribution in [2.45, 2.75) is 44.9 Å². The lowest BCUT2D eigenvalue weighted by Gasteiger charge is -2.20. The molecule has 8 heteroatoms. The molecular weight excluding hydrogens is 430 g/mol. The van der Waals surface area contributed by atoms with E-state index in [-0.39, 0.29) is 23.2 Å². The summed E-state index contributed by atoms with van der Waals surface area (Å²) < 4.78 is 1.55.